The highest BCUT2D eigenvalue weighted by Crippen LogP contribution is 2.42. The van der Waals surface area contributed by atoms with Crippen molar-refractivity contribution in [1.29, 1.82) is 0 Å². The van der Waals surface area contributed by atoms with Gasteiger partial charge in [-0.25, -0.2) is 4.79 Å². The fourth-order valence-electron chi connectivity index (χ4n) is 2.12. The second-order valence-corrected chi connectivity index (χ2v) is 5.33. The van der Waals surface area contributed by atoms with Crippen molar-refractivity contribution in [3.05, 3.63) is 22.3 Å². The van der Waals surface area contributed by atoms with E-state index >= 15 is 0 Å². The van der Waals surface area contributed by atoms with Crippen molar-refractivity contribution in [3.8, 4) is 5.75 Å². The minimum atomic E-state index is -4.69. The van der Waals surface area contributed by atoms with Gasteiger partial charge in [0.15, 0.2) is 17.4 Å². The molecule has 126 valence electrons. The normalized spacial score (nSPS) is 13.3. The molecule has 2 rings (SSSR count). The van der Waals surface area contributed by atoms with E-state index < -0.39 is 23.9 Å². The number of aromatic nitrogens is 1. The number of rotatable bonds is 5. The van der Waals surface area contributed by atoms with Crippen LogP contribution in [0.15, 0.2) is 10.6 Å². The van der Waals surface area contributed by atoms with Crippen LogP contribution in [0.25, 0.3) is 11.0 Å². The third-order valence-corrected chi connectivity index (χ3v) is 3.46. The molecule has 0 bridgehead atoms. The van der Waals surface area contributed by atoms with E-state index in [9.17, 15) is 18.0 Å². The summed E-state index contributed by atoms with van der Waals surface area (Å²) in [6.45, 7) is 3.10. The molecule has 0 aliphatic carbocycles. The fraction of sp³-hybridized carbons (Fsp3) is 0.429. The largest absolute Gasteiger partial charge is 0.479 e. The molecule has 0 amide bonds. The molecule has 0 spiro atoms. The number of aryl methyl sites for hydroxylation is 1. The van der Waals surface area contributed by atoms with Crippen LogP contribution in [0.2, 0.25) is 5.02 Å². The average Bonchev–Trinajstić information content (AvgIpc) is 2.85. The standard InChI is InChI=1S/C14H13ClF3NO4/c1-3-4-7-10-8(12(19-23-10)14(16,17)18)5-9(15)11(7)22-6(2)13(20)21/h5-6H,3-4H2,1-2H3,(H,20,21). The first kappa shape index (κ1) is 17.4. The van der Waals surface area contributed by atoms with Crippen molar-refractivity contribution in [2.75, 3.05) is 0 Å². The van der Waals surface area contributed by atoms with E-state index in [1.807, 2.05) is 0 Å². The molecule has 1 aromatic carbocycles. The zero-order valence-corrected chi connectivity index (χ0v) is 13.0. The van der Waals surface area contributed by atoms with Gasteiger partial charge in [0.1, 0.15) is 5.75 Å². The molecular weight excluding hydrogens is 339 g/mol. The van der Waals surface area contributed by atoms with E-state index in [1.165, 1.54) is 6.92 Å². The van der Waals surface area contributed by atoms with Crippen LogP contribution in [-0.2, 0) is 17.4 Å². The monoisotopic (exact) mass is 351 g/mol. The Morgan fingerprint density at radius 2 is 2.17 bits per heavy atom. The molecule has 1 heterocycles. The van der Waals surface area contributed by atoms with Gasteiger partial charge in [0.25, 0.3) is 0 Å². The topological polar surface area (TPSA) is 72.6 Å². The van der Waals surface area contributed by atoms with Gasteiger partial charge in [0, 0.05) is 5.56 Å². The molecule has 1 unspecified atom stereocenters. The number of alkyl halides is 3. The van der Waals surface area contributed by atoms with Crippen LogP contribution in [-0.4, -0.2) is 22.3 Å². The van der Waals surface area contributed by atoms with Crippen molar-refractivity contribution in [2.24, 2.45) is 0 Å². The predicted octanol–water partition coefficient (Wildman–Crippen LogP) is 4.30. The van der Waals surface area contributed by atoms with Crippen LogP contribution >= 0.6 is 11.6 Å². The summed E-state index contributed by atoms with van der Waals surface area (Å²) in [6.07, 6.45) is -5.04. The minimum Gasteiger partial charge on any atom is -0.479 e. The summed E-state index contributed by atoms with van der Waals surface area (Å²) in [5.74, 6) is -1.22. The molecule has 23 heavy (non-hydrogen) atoms. The van der Waals surface area contributed by atoms with Crippen molar-refractivity contribution < 1.29 is 32.3 Å². The number of aliphatic carboxylic acids is 1. The average molecular weight is 352 g/mol. The number of carboxylic acids is 1. The Labute approximate surface area is 134 Å². The van der Waals surface area contributed by atoms with Gasteiger partial charge in [0.05, 0.1) is 10.4 Å². The summed E-state index contributed by atoms with van der Waals surface area (Å²) in [7, 11) is 0. The summed E-state index contributed by atoms with van der Waals surface area (Å²) in [4.78, 5) is 10.9. The highest BCUT2D eigenvalue weighted by molar-refractivity contribution is 6.33. The maximum Gasteiger partial charge on any atom is 0.437 e. The number of hydrogen-bond acceptors (Lipinski definition) is 4. The number of carbonyl (C=O) groups is 1. The number of hydrogen-bond donors (Lipinski definition) is 1. The van der Waals surface area contributed by atoms with Crippen LogP contribution in [0.1, 0.15) is 31.5 Å². The summed E-state index contributed by atoms with van der Waals surface area (Å²) < 4.78 is 49.0. The molecule has 0 aliphatic heterocycles. The van der Waals surface area contributed by atoms with Gasteiger partial charge in [-0.1, -0.05) is 30.1 Å². The van der Waals surface area contributed by atoms with Crippen LogP contribution in [0.5, 0.6) is 5.75 Å². The molecule has 0 radical (unpaired) electrons. The number of halogens is 4. The summed E-state index contributed by atoms with van der Waals surface area (Å²) in [6, 6.07) is 1.03. The number of fused-ring (bicyclic) bond motifs is 1. The van der Waals surface area contributed by atoms with Gasteiger partial charge in [0.2, 0.25) is 0 Å². The highest BCUT2D eigenvalue weighted by atomic mass is 35.5. The molecule has 0 saturated heterocycles. The second kappa shape index (κ2) is 6.27. The van der Waals surface area contributed by atoms with E-state index in [4.69, 9.17) is 26.0 Å². The van der Waals surface area contributed by atoms with Crippen molar-refractivity contribution in [1.82, 2.24) is 5.16 Å². The smallest absolute Gasteiger partial charge is 0.437 e. The Kier molecular flexibility index (Phi) is 4.74. The first-order valence-corrected chi connectivity index (χ1v) is 7.12. The van der Waals surface area contributed by atoms with Gasteiger partial charge < -0.3 is 14.4 Å². The van der Waals surface area contributed by atoms with Crippen LogP contribution in [0.3, 0.4) is 0 Å². The molecule has 9 heteroatoms. The fourth-order valence-corrected chi connectivity index (χ4v) is 2.39. The maximum absolute atomic E-state index is 12.9. The van der Waals surface area contributed by atoms with Gasteiger partial charge in [-0.15, -0.1) is 0 Å². The van der Waals surface area contributed by atoms with Gasteiger partial charge in [-0.3, -0.25) is 0 Å². The van der Waals surface area contributed by atoms with Crippen LogP contribution in [0.4, 0.5) is 13.2 Å². The number of nitrogens with zero attached hydrogens (tertiary/aromatic N) is 1. The zero-order valence-electron chi connectivity index (χ0n) is 12.2. The third-order valence-electron chi connectivity index (χ3n) is 3.18. The highest BCUT2D eigenvalue weighted by Gasteiger charge is 2.38. The lowest BCUT2D eigenvalue weighted by Crippen LogP contribution is -2.23. The van der Waals surface area contributed by atoms with Crippen LogP contribution < -0.4 is 4.74 Å². The first-order valence-electron chi connectivity index (χ1n) is 6.74. The molecule has 1 N–H and O–H groups in total. The lowest BCUT2D eigenvalue weighted by atomic mass is 10.0. The third kappa shape index (κ3) is 3.36. The molecule has 0 fully saturated rings. The second-order valence-electron chi connectivity index (χ2n) is 4.92. The van der Waals surface area contributed by atoms with E-state index in [-0.39, 0.29) is 27.3 Å². The SMILES string of the molecule is CCCc1c(OC(C)C(=O)O)c(Cl)cc2c(C(F)(F)F)noc12. The molecule has 0 aliphatic rings. The molecule has 2 aromatic rings. The van der Waals surface area contributed by atoms with E-state index in [0.717, 1.165) is 6.07 Å². The maximum atomic E-state index is 12.9. The Morgan fingerprint density at radius 1 is 1.52 bits per heavy atom. The van der Waals surface area contributed by atoms with E-state index in [1.54, 1.807) is 6.92 Å². The molecule has 5 nitrogen and oxygen atoms in total. The molecule has 1 aromatic heterocycles. The lowest BCUT2D eigenvalue weighted by molar-refractivity contribution is -0.144. The van der Waals surface area contributed by atoms with Crippen molar-refractivity contribution in [2.45, 2.75) is 39.0 Å². The summed E-state index contributed by atoms with van der Waals surface area (Å²) >= 11 is 6.02. The number of carboxylic acid groups (broad SMARTS) is 1. The molecule has 1 atom stereocenters. The van der Waals surface area contributed by atoms with Gasteiger partial charge in [-0.05, 0) is 19.4 Å². The van der Waals surface area contributed by atoms with Crippen LogP contribution in [0, 0.1) is 0 Å². The molecule has 0 saturated carbocycles. The van der Waals surface area contributed by atoms with Gasteiger partial charge >= 0.3 is 12.1 Å². The first-order chi connectivity index (χ1) is 10.7. The molecular formula is C14H13ClF3NO4. The predicted molar refractivity (Wildman–Crippen MR) is 75.7 cm³/mol. The van der Waals surface area contributed by atoms with Crippen molar-refractivity contribution >= 4 is 28.5 Å². The Bertz CT molecular complexity index is 742. The Hall–Kier alpha value is -1.96. The van der Waals surface area contributed by atoms with E-state index in [2.05, 4.69) is 5.16 Å². The van der Waals surface area contributed by atoms with Gasteiger partial charge in [-0.2, -0.15) is 13.2 Å². The number of ether oxygens (including phenoxy) is 1. The lowest BCUT2D eigenvalue weighted by Gasteiger charge is -2.16. The Morgan fingerprint density at radius 3 is 2.70 bits per heavy atom. The number of benzene rings is 1. The Balaban J connectivity index is 2.67. The zero-order chi connectivity index (χ0) is 17.4. The van der Waals surface area contributed by atoms with E-state index in [0.29, 0.717) is 12.8 Å². The summed E-state index contributed by atoms with van der Waals surface area (Å²) in [5.41, 5.74) is -1.01. The minimum absolute atomic E-state index is 0.000733. The van der Waals surface area contributed by atoms with Crippen molar-refractivity contribution in [3.63, 3.8) is 0 Å². The quantitative estimate of drug-likeness (QED) is 0.869. The summed E-state index contributed by atoms with van der Waals surface area (Å²) in [5, 5.41) is 11.6.